The van der Waals surface area contributed by atoms with Crippen LogP contribution in [0.15, 0.2) is 140 Å². The van der Waals surface area contributed by atoms with Crippen LogP contribution in [0.25, 0.3) is 34.2 Å². The summed E-state index contributed by atoms with van der Waals surface area (Å²) in [6.45, 7) is 6.28. The molecule has 21 nitrogen and oxygen atoms in total. The van der Waals surface area contributed by atoms with Gasteiger partial charge in [-0.3, -0.25) is 68.2 Å². The molecular weight excluding hydrogens is 1070 g/mol. The van der Waals surface area contributed by atoms with Crippen LogP contribution in [-0.2, 0) is 42.9 Å². The zero-order valence-corrected chi connectivity index (χ0v) is 44.2. The van der Waals surface area contributed by atoms with Crippen LogP contribution in [0.3, 0.4) is 0 Å². The molecule has 0 bridgehead atoms. The first kappa shape index (κ1) is 59.8. The molecule has 0 spiro atoms. The summed E-state index contributed by atoms with van der Waals surface area (Å²) in [4.78, 5) is 109. The van der Waals surface area contributed by atoms with Gasteiger partial charge in [-0.1, -0.05) is 30.3 Å². The molecule has 0 radical (unpaired) electrons. The molecule has 390 valence electrons. The Balaban J connectivity index is 0.000000369. The molecule has 1 saturated heterocycles. The number of aromatic nitrogens is 6. The third kappa shape index (κ3) is 23.8. The SMILES string of the molecule is CC(C)(C)NC(=O)CN1CCN(CP(=O)(O)O)CCN(CC(=O)OC(=O)c2ccnc(-c3ccccn3)c2)CCN(CP(=O)(O)O)CC1.[Ru].c1ccc(-c2ccccn2)nc1.c1ccc(-c2ccccn2)nc1. The van der Waals surface area contributed by atoms with Crippen molar-refractivity contribution >= 4 is 33.0 Å². The molecule has 1 fully saturated rings. The Morgan fingerprint density at radius 1 is 0.507 bits per heavy atom. The van der Waals surface area contributed by atoms with Crippen molar-refractivity contribution in [3.63, 3.8) is 0 Å². The van der Waals surface area contributed by atoms with E-state index < -0.39 is 45.2 Å². The summed E-state index contributed by atoms with van der Waals surface area (Å²) in [5.74, 6) is -2.06. The molecule has 0 saturated carbocycles. The number of hydrogen-bond donors (Lipinski definition) is 5. The van der Waals surface area contributed by atoms with E-state index in [1.54, 1.807) is 59.0 Å². The van der Waals surface area contributed by atoms with Gasteiger partial charge in [0.25, 0.3) is 0 Å². The molecule has 6 aromatic rings. The van der Waals surface area contributed by atoms with Crippen molar-refractivity contribution in [2.75, 3.05) is 78.0 Å². The summed E-state index contributed by atoms with van der Waals surface area (Å²) in [7, 11) is -8.96. The maximum absolute atomic E-state index is 13.0. The summed E-state index contributed by atoms with van der Waals surface area (Å²) in [6.07, 6.45) is 8.92. The Hall–Kier alpha value is -5.73. The second-order valence-corrected chi connectivity index (χ2v) is 20.7. The van der Waals surface area contributed by atoms with E-state index in [9.17, 15) is 43.1 Å². The molecule has 0 atom stereocenters. The van der Waals surface area contributed by atoms with Crippen LogP contribution in [0.4, 0.5) is 0 Å². The number of amides is 1. The van der Waals surface area contributed by atoms with Crippen LogP contribution in [0.1, 0.15) is 31.1 Å². The average molecular weight is 1130 g/mol. The average Bonchev–Trinajstić information content (AvgIpc) is 3.35. The zero-order valence-electron chi connectivity index (χ0n) is 40.7. The number of carbonyl (C=O) groups is 3. The molecule has 0 aromatic carbocycles. The summed E-state index contributed by atoms with van der Waals surface area (Å²) < 4.78 is 29.0. The van der Waals surface area contributed by atoms with Crippen molar-refractivity contribution in [1.82, 2.24) is 54.8 Å². The monoisotopic (exact) mass is 1130 g/mol. The van der Waals surface area contributed by atoms with Gasteiger partial charge in [-0.15, -0.1) is 0 Å². The Morgan fingerprint density at radius 2 is 0.836 bits per heavy atom. The molecule has 73 heavy (non-hydrogen) atoms. The van der Waals surface area contributed by atoms with Crippen molar-refractivity contribution in [1.29, 1.82) is 0 Å². The fourth-order valence-corrected chi connectivity index (χ4v) is 8.61. The van der Waals surface area contributed by atoms with E-state index in [1.165, 1.54) is 28.1 Å². The van der Waals surface area contributed by atoms with E-state index in [1.807, 2.05) is 93.6 Å². The van der Waals surface area contributed by atoms with Crippen LogP contribution in [0, 0.1) is 0 Å². The fraction of sp³-hybridized carbons (Fsp3) is 0.327. The second-order valence-electron chi connectivity index (χ2n) is 17.5. The van der Waals surface area contributed by atoms with Crippen molar-refractivity contribution in [3.8, 4) is 34.2 Å². The van der Waals surface area contributed by atoms with Crippen LogP contribution >= 0.6 is 15.2 Å². The summed E-state index contributed by atoms with van der Waals surface area (Å²) in [5, 5.41) is 2.87. The smallest absolute Gasteiger partial charge is 0.345 e. The molecule has 5 N–H and O–H groups in total. The number of esters is 2. The molecule has 6 aromatic heterocycles. The van der Waals surface area contributed by atoms with E-state index in [0.717, 1.165) is 22.8 Å². The largest absolute Gasteiger partial charge is 0.388 e. The minimum atomic E-state index is -4.48. The maximum atomic E-state index is 13.0. The van der Waals surface area contributed by atoms with Gasteiger partial charge in [0.05, 0.1) is 52.8 Å². The first-order chi connectivity index (χ1) is 34.3. The first-order valence-corrected chi connectivity index (χ1v) is 26.4. The van der Waals surface area contributed by atoms with Crippen molar-refractivity contribution < 1.29 is 67.3 Å². The number of pyridine rings is 6. The fourth-order valence-electron chi connectivity index (χ4n) is 7.01. The van der Waals surface area contributed by atoms with Gasteiger partial charge in [-0.2, -0.15) is 0 Å². The quantitative estimate of drug-likeness (QED) is 0.0488. The topological polar surface area (TPSA) is 278 Å². The van der Waals surface area contributed by atoms with Crippen LogP contribution in [-0.4, -0.2) is 170 Å². The Kier molecular flexibility index (Phi) is 24.5. The summed E-state index contributed by atoms with van der Waals surface area (Å²) >= 11 is 0. The van der Waals surface area contributed by atoms with Gasteiger partial charge in [0.15, 0.2) is 0 Å². The molecule has 7 rings (SSSR count). The predicted molar refractivity (Wildman–Crippen MR) is 271 cm³/mol. The molecule has 0 unspecified atom stereocenters. The predicted octanol–water partition coefficient (Wildman–Crippen LogP) is 4.52. The minimum Gasteiger partial charge on any atom is -0.388 e. The molecule has 0 aliphatic carbocycles. The van der Waals surface area contributed by atoms with Crippen LogP contribution in [0.5, 0.6) is 0 Å². The van der Waals surface area contributed by atoms with Gasteiger partial charge in [0, 0.05) is 115 Å². The number of rotatable bonds is 12. The third-order valence-electron chi connectivity index (χ3n) is 10.2. The van der Waals surface area contributed by atoms with E-state index in [4.69, 9.17) is 4.74 Å². The van der Waals surface area contributed by atoms with E-state index in [0.29, 0.717) is 11.4 Å². The molecular formula is C49H61N11O10P2Ru. The van der Waals surface area contributed by atoms with Gasteiger partial charge >= 0.3 is 27.1 Å². The van der Waals surface area contributed by atoms with Gasteiger partial charge in [0.2, 0.25) is 5.91 Å². The molecule has 1 aliphatic heterocycles. The van der Waals surface area contributed by atoms with Crippen molar-refractivity contribution in [2.24, 2.45) is 0 Å². The van der Waals surface area contributed by atoms with E-state index in [2.05, 4.69) is 35.2 Å². The molecule has 1 amide bonds. The van der Waals surface area contributed by atoms with Gasteiger partial charge in [0.1, 0.15) is 12.6 Å². The number of ether oxygens (including phenoxy) is 1. The third-order valence-corrected chi connectivity index (χ3v) is 11.8. The van der Waals surface area contributed by atoms with Gasteiger partial charge in [-0.05, 0) is 93.6 Å². The summed E-state index contributed by atoms with van der Waals surface area (Å²) in [6, 6.07) is 31.2. The van der Waals surface area contributed by atoms with Crippen LogP contribution < -0.4 is 5.32 Å². The standard InChI is InChI=1S/C29H45N7O10P2.2C10H8N2.Ru/c1-29(2,3)32-26(37)19-33-10-14-35(21-47(40,41)42)16-12-34(13-17-36(15-11-33)22-48(43,44)45)20-27(38)46-28(39)23-7-9-31-25(18-23)24-6-4-5-8-30-24;2*1-3-7-11-9(5-1)10-6-2-4-8-12-10;/h4-9,18H,10-17,19-22H2,1-3H3,(H,32,37)(H2,40,41,42)(H2,43,44,45);2*1-8H;. The number of nitrogens with zero attached hydrogens (tertiary/aromatic N) is 10. The van der Waals surface area contributed by atoms with E-state index >= 15 is 0 Å². The van der Waals surface area contributed by atoms with E-state index in [-0.39, 0.29) is 96.4 Å². The molecule has 1 aliphatic rings. The Morgan fingerprint density at radius 3 is 1.16 bits per heavy atom. The zero-order chi connectivity index (χ0) is 52.0. The minimum absolute atomic E-state index is 0. The number of carbonyl (C=O) groups excluding carboxylic acids is 3. The van der Waals surface area contributed by atoms with Gasteiger partial charge < -0.3 is 29.6 Å². The Bertz CT molecular complexity index is 2500. The molecule has 7 heterocycles. The Labute approximate surface area is 437 Å². The number of hydrogen-bond acceptors (Lipinski definition) is 16. The summed E-state index contributed by atoms with van der Waals surface area (Å²) in [5.41, 5.74) is 4.18. The van der Waals surface area contributed by atoms with Crippen LogP contribution in [0.2, 0.25) is 0 Å². The van der Waals surface area contributed by atoms with Crippen molar-refractivity contribution in [2.45, 2.75) is 26.3 Å². The number of nitrogens with one attached hydrogen (secondary N) is 1. The first-order valence-electron chi connectivity index (χ1n) is 22.9. The second kappa shape index (κ2) is 29.8. The molecule has 24 heteroatoms. The maximum Gasteiger partial charge on any atom is 0.345 e. The van der Waals surface area contributed by atoms with Crippen molar-refractivity contribution in [3.05, 3.63) is 146 Å². The van der Waals surface area contributed by atoms with Gasteiger partial charge in [-0.25, -0.2) is 4.79 Å². The normalized spacial score (nSPS) is 14.5.